The van der Waals surface area contributed by atoms with E-state index in [9.17, 15) is 9.18 Å². The van der Waals surface area contributed by atoms with Crippen LogP contribution in [0.4, 0.5) is 10.1 Å². The zero-order valence-corrected chi connectivity index (χ0v) is 16.1. The van der Waals surface area contributed by atoms with Crippen LogP contribution in [-0.4, -0.2) is 22.7 Å². The van der Waals surface area contributed by atoms with Gasteiger partial charge >= 0.3 is 0 Å². The minimum absolute atomic E-state index is 0.200. The lowest BCUT2D eigenvalue weighted by Gasteiger charge is -2.10. The highest BCUT2D eigenvalue weighted by Gasteiger charge is 2.11. The van der Waals surface area contributed by atoms with E-state index in [2.05, 4.69) is 15.5 Å². The van der Waals surface area contributed by atoms with Crippen LogP contribution in [0.25, 0.3) is 22.8 Å². The maximum absolute atomic E-state index is 13.3. The number of nitrogens with zero attached hydrogens (tertiary/aromatic N) is 2. The molecular formula is C23H18FN3O3. The van der Waals surface area contributed by atoms with Gasteiger partial charge in [0.25, 0.3) is 11.8 Å². The molecule has 0 radical (unpaired) electrons. The van der Waals surface area contributed by atoms with Gasteiger partial charge in [0.15, 0.2) is 6.61 Å². The molecule has 1 aromatic heterocycles. The standard InChI is InChI=1S/C23H18FN3O3/c1-15-7-10-18(24)13-20(15)25-21(28)14-29-19-11-8-17(9-12-19)23-26-22(27-30-23)16-5-3-2-4-6-16/h2-13H,14H2,1H3,(H,25,28). The number of aryl methyl sites for hydroxylation is 1. The second-order valence-electron chi connectivity index (χ2n) is 6.61. The van der Waals surface area contributed by atoms with Crippen molar-refractivity contribution in [3.63, 3.8) is 0 Å². The Balaban J connectivity index is 1.36. The molecule has 0 aliphatic rings. The monoisotopic (exact) mass is 403 g/mol. The maximum Gasteiger partial charge on any atom is 0.262 e. The van der Waals surface area contributed by atoms with E-state index < -0.39 is 5.82 Å². The number of carbonyl (C=O) groups is 1. The second kappa shape index (κ2) is 8.57. The predicted molar refractivity (Wildman–Crippen MR) is 110 cm³/mol. The largest absolute Gasteiger partial charge is 0.484 e. The van der Waals surface area contributed by atoms with E-state index in [1.54, 1.807) is 37.3 Å². The van der Waals surface area contributed by atoms with Crippen LogP contribution < -0.4 is 10.1 Å². The average Bonchev–Trinajstić information content (AvgIpc) is 3.26. The third kappa shape index (κ3) is 4.52. The number of carbonyl (C=O) groups excluding carboxylic acids is 1. The summed E-state index contributed by atoms with van der Waals surface area (Å²) in [5.41, 5.74) is 2.79. The number of amides is 1. The van der Waals surface area contributed by atoms with E-state index in [1.165, 1.54) is 12.1 Å². The number of aromatic nitrogens is 2. The van der Waals surface area contributed by atoms with Gasteiger partial charge in [-0.15, -0.1) is 0 Å². The van der Waals surface area contributed by atoms with Gasteiger partial charge in [0, 0.05) is 16.8 Å². The van der Waals surface area contributed by atoms with Gasteiger partial charge < -0.3 is 14.6 Å². The highest BCUT2D eigenvalue weighted by Crippen LogP contribution is 2.24. The topological polar surface area (TPSA) is 77.2 Å². The molecule has 0 bridgehead atoms. The van der Waals surface area contributed by atoms with Crippen molar-refractivity contribution < 1.29 is 18.4 Å². The van der Waals surface area contributed by atoms with Crippen LogP contribution in [0.15, 0.2) is 77.3 Å². The molecular weight excluding hydrogens is 385 g/mol. The summed E-state index contributed by atoms with van der Waals surface area (Å²) >= 11 is 0. The van der Waals surface area contributed by atoms with E-state index >= 15 is 0 Å². The molecule has 0 fully saturated rings. The number of benzene rings is 3. The molecule has 7 heteroatoms. The van der Waals surface area contributed by atoms with Crippen molar-refractivity contribution in [2.24, 2.45) is 0 Å². The summed E-state index contributed by atoms with van der Waals surface area (Å²) in [4.78, 5) is 16.5. The van der Waals surface area contributed by atoms with E-state index in [0.717, 1.165) is 16.7 Å². The van der Waals surface area contributed by atoms with Crippen LogP contribution in [0.1, 0.15) is 5.56 Å². The zero-order valence-electron chi connectivity index (χ0n) is 16.1. The lowest BCUT2D eigenvalue weighted by Crippen LogP contribution is -2.20. The quantitative estimate of drug-likeness (QED) is 0.497. The van der Waals surface area contributed by atoms with Gasteiger partial charge in [-0.05, 0) is 48.9 Å². The second-order valence-corrected chi connectivity index (χ2v) is 6.61. The van der Waals surface area contributed by atoms with E-state index in [-0.39, 0.29) is 12.5 Å². The van der Waals surface area contributed by atoms with Crippen molar-refractivity contribution in [3.8, 4) is 28.6 Å². The summed E-state index contributed by atoms with van der Waals surface area (Å²) in [6.07, 6.45) is 0. The molecule has 1 amide bonds. The molecule has 0 saturated heterocycles. The van der Waals surface area contributed by atoms with Gasteiger partial charge in [-0.2, -0.15) is 4.98 Å². The lowest BCUT2D eigenvalue weighted by atomic mass is 10.2. The van der Waals surface area contributed by atoms with Crippen molar-refractivity contribution >= 4 is 11.6 Å². The molecule has 0 atom stereocenters. The van der Waals surface area contributed by atoms with Gasteiger partial charge in [-0.25, -0.2) is 4.39 Å². The molecule has 1 N–H and O–H groups in total. The smallest absolute Gasteiger partial charge is 0.262 e. The molecule has 6 nitrogen and oxygen atoms in total. The Morgan fingerprint density at radius 2 is 1.80 bits per heavy atom. The van der Waals surface area contributed by atoms with Crippen LogP contribution in [0.5, 0.6) is 5.75 Å². The molecule has 0 aliphatic heterocycles. The van der Waals surface area contributed by atoms with E-state index in [0.29, 0.717) is 23.2 Å². The molecule has 0 saturated carbocycles. The zero-order chi connectivity index (χ0) is 20.9. The van der Waals surface area contributed by atoms with Crippen molar-refractivity contribution in [2.45, 2.75) is 6.92 Å². The molecule has 3 aromatic carbocycles. The van der Waals surface area contributed by atoms with Crippen molar-refractivity contribution in [1.82, 2.24) is 10.1 Å². The Kier molecular flexibility index (Phi) is 5.52. The number of halogens is 1. The van der Waals surface area contributed by atoms with Gasteiger partial charge in [0.05, 0.1) is 0 Å². The summed E-state index contributed by atoms with van der Waals surface area (Å²) in [5, 5.41) is 6.64. The van der Waals surface area contributed by atoms with Gasteiger partial charge in [-0.3, -0.25) is 4.79 Å². The van der Waals surface area contributed by atoms with Crippen LogP contribution >= 0.6 is 0 Å². The first-order valence-electron chi connectivity index (χ1n) is 9.27. The number of hydrogen-bond donors (Lipinski definition) is 1. The molecule has 30 heavy (non-hydrogen) atoms. The van der Waals surface area contributed by atoms with Gasteiger partial charge in [-0.1, -0.05) is 41.6 Å². The predicted octanol–water partition coefficient (Wildman–Crippen LogP) is 4.87. The molecule has 0 unspecified atom stereocenters. The van der Waals surface area contributed by atoms with Gasteiger partial charge in [0.1, 0.15) is 11.6 Å². The Morgan fingerprint density at radius 1 is 1.03 bits per heavy atom. The molecule has 150 valence electrons. The summed E-state index contributed by atoms with van der Waals surface area (Å²) in [7, 11) is 0. The maximum atomic E-state index is 13.3. The lowest BCUT2D eigenvalue weighted by molar-refractivity contribution is -0.118. The fourth-order valence-corrected chi connectivity index (χ4v) is 2.80. The van der Waals surface area contributed by atoms with E-state index in [1.807, 2.05) is 30.3 Å². The summed E-state index contributed by atoms with van der Waals surface area (Å²) < 4.78 is 24.2. The SMILES string of the molecule is Cc1ccc(F)cc1NC(=O)COc1ccc(-c2nc(-c3ccccc3)no2)cc1. The van der Waals surface area contributed by atoms with Crippen LogP contribution in [0.3, 0.4) is 0 Å². The van der Waals surface area contributed by atoms with Crippen LogP contribution in [0.2, 0.25) is 0 Å². The first kappa shape index (κ1) is 19.3. The van der Waals surface area contributed by atoms with Crippen LogP contribution in [-0.2, 0) is 4.79 Å². The first-order chi connectivity index (χ1) is 14.6. The fraction of sp³-hybridized carbons (Fsp3) is 0.0870. The number of nitrogens with one attached hydrogen (secondary N) is 1. The van der Waals surface area contributed by atoms with Crippen molar-refractivity contribution in [2.75, 3.05) is 11.9 Å². The molecule has 4 rings (SSSR count). The molecule has 1 heterocycles. The molecule has 0 spiro atoms. The Labute approximate surface area is 172 Å². The number of hydrogen-bond acceptors (Lipinski definition) is 5. The number of anilines is 1. The van der Waals surface area contributed by atoms with E-state index in [4.69, 9.17) is 9.26 Å². The Hall–Kier alpha value is -4.00. The minimum atomic E-state index is -0.413. The Morgan fingerprint density at radius 3 is 2.57 bits per heavy atom. The summed E-state index contributed by atoms with van der Waals surface area (Å²) in [6.45, 7) is 1.59. The van der Waals surface area contributed by atoms with Crippen molar-refractivity contribution in [1.29, 1.82) is 0 Å². The number of ether oxygens (including phenoxy) is 1. The van der Waals surface area contributed by atoms with Crippen LogP contribution in [0, 0.1) is 12.7 Å². The minimum Gasteiger partial charge on any atom is -0.484 e. The highest BCUT2D eigenvalue weighted by molar-refractivity contribution is 5.92. The summed E-state index contributed by atoms with van der Waals surface area (Å²) in [5.74, 6) is 0.615. The molecule has 4 aromatic rings. The Bertz CT molecular complexity index is 1160. The third-order valence-electron chi connectivity index (χ3n) is 4.40. The van der Waals surface area contributed by atoms with Gasteiger partial charge in [0.2, 0.25) is 5.82 Å². The summed E-state index contributed by atoms with van der Waals surface area (Å²) in [6, 6.07) is 20.7. The third-order valence-corrected chi connectivity index (χ3v) is 4.40. The highest BCUT2D eigenvalue weighted by atomic mass is 19.1. The molecule has 0 aliphatic carbocycles. The fourth-order valence-electron chi connectivity index (χ4n) is 2.80. The van der Waals surface area contributed by atoms with Crippen molar-refractivity contribution in [3.05, 3.63) is 84.2 Å². The average molecular weight is 403 g/mol. The number of rotatable bonds is 6. The first-order valence-corrected chi connectivity index (χ1v) is 9.27. The normalized spacial score (nSPS) is 10.6.